The molecule has 0 N–H and O–H groups in total. The van der Waals surface area contributed by atoms with Crippen molar-refractivity contribution in [2.45, 2.75) is 13.8 Å². The lowest BCUT2D eigenvalue weighted by Crippen LogP contribution is -1.80. The monoisotopic (exact) mass is 244 g/mol. The van der Waals surface area contributed by atoms with E-state index in [4.69, 9.17) is 8.83 Å². The first kappa shape index (κ1) is 10.4. The summed E-state index contributed by atoms with van der Waals surface area (Å²) < 4.78 is 10.4. The molecule has 0 amide bonds. The van der Waals surface area contributed by atoms with E-state index in [9.17, 15) is 0 Å². The maximum absolute atomic E-state index is 5.19. The van der Waals surface area contributed by atoms with Crippen LogP contribution in [-0.2, 0) is 0 Å². The number of hydrogen-bond donors (Lipinski definition) is 0. The molecule has 0 aliphatic heterocycles. The topological polar surface area (TPSA) is 26.3 Å². The van der Waals surface area contributed by atoms with E-state index in [1.165, 1.54) is 20.9 Å². The fourth-order valence-corrected chi connectivity index (χ4v) is 3.30. The number of thiophene rings is 1. The van der Waals surface area contributed by atoms with E-state index < -0.39 is 0 Å². The van der Waals surface area contributed by atoms with Gasteiger partial charge in [-0.25, -0.2) is 0 Å². The molecule has 0 unspecified atom stereocenters. The molecule has 0 aliphatic rings. The largest absolute Gasteiger partial charge is 0.472 e. The van der Waals surface area contributed by atoms with Gasteiger partial charge in [-0.3, -0.25) is 0 Å². The van der Waals surface area contributed by atoms with Gasteiger partial charge in [0, 0.05) is 32.0 Å². The van der Waals surface area contributed by atoms with Gasteiger partial charge in [-0.15, -0.1) is 11.3 Å². The van der Waals surface area contributed by atoms with Crippen molar-refractivity contribution in [2.24, 2.45) is 0 Å². The average molecular weight is 244 g/mol. The van der Waals surface area contributed by atoms with Crippen LogP contribution in [0, 0.1) is 13.8 Å². The minimum Gasteiger partial charge on any atom is -0.472 e. The minimum absolute atomic E-state index is 1.13. The van der Waals surface area contributed by atoms with Gasteiger partial charge < -0.3 is 8.83 Å². The molecule has 3 aromatic rings. The van der Waals surface area contributed by atoms with Crippen molar-refractivity contribution in [1.82, 2.24) is 0 Å². The van der Waals surface area contributed by atoms with E-state index in [-0.39, 0.29) is 0 Å². The predicted molar refractivity (Wildman–Crippen MR) is 69.2 cm³/mol. The Morgan fingerprint density at radius 3 is 1.65 bits per heavy atom. The third-order valence-electron chi connectivity index (χ3n) is 2.88. The molecule has 3 rings (SSSR count). The second kappa shape index (κ2) is 3.93. The van der Waals surface area contributed by atoms with Crippen molar-refractivity contribution in [3.8, 4) is 22.3 Å². The smallest absolute Gasteiger partial charge is 0.0981 e. The Hall–Kier alpha value is -1.74. The first-order chi connectivity index (χ1) is 8.27. The first-order valence-electron chi connectivity index (χ1n) is 5.42. The summed E-state index contributed by atoms with van der Waals surface area (Å²) in [7, 11) is 0. The Kier molecular flexibility index (Phi) is 2.41. The quantitative estimate of drug-likeness (QED) is 0.641. The molecule has 0 radical (unpaired) electrons. The maximum Gasteiger partial charge on any atom is 0.0981 e. The van der Waals surface area contributed by atoms with E-state index in [0.717, 1.165) is 11.1 Å². The summed E-state index contributed by atoms with van der Waals surface area (Å²) in [5.74, 6) is 0. The van der Waals surface area contributed by atoms with Crippen LogP contribution in [0.1, 0.15) is 9.75 Å². The van der Waals surface area contributed by atoms with Crippen molar-refractivity contribution < 1.29 is 8.83 Å². The van der Waals surface area contributed by atoms with Gasteiger partial charge in [0.1, 0.15) is 0 Å². The fraction of sp³-hybridized carbons (Fsp3) is 0.143. The molecule has 3 heteroatoms. The van der Waals surface area contributed by atoms with Gasteiger partial charge >= 0.3 is 0 Å². The lowest BCUT2D eigenvalue weighted by Gasteiger charge is -2.02. The molecule has 0 saturated carbocycles. The van der Waals surface area contributed by atoms with Crippen LogP contribution in [0.2, 0.25) is 0 Å². The summed E-state index contributed by atoms with van der Waals surface area (Å²) >= 11 is 1.81. The number of furan rings is 2. The van der Waals surface area contributed by atoms with E-state index >= 15 is 0 Å². The number of aryl methyl sites for hydroxylation is 2. The van der Waals surface area contributed by atoms with Gasteiger partial charge in [0.15, 0.2) is 0 Å². The zero-order chi connectivity index (χ0) is 11.8. The third kappa shape index (κ3) is 1.63. The van der Waals surface area contributed by atoms with Crippen molar-refractivity contribution in [1.29, 1.82) is 0 Å². The van der Waals surface area contributed by atoms with Gasteiger partial charge in [0.25, 0.3) is 0 Å². The Balaban J connectivity index is 2.28. The molecule has 0 atom stereocenters. The molecule has 86 valence electrons. The second-order valence-corrected chi connectivity index (χ2v) is 5.42. The SMILES string of the molecule is Cc1sc(C)c(-c2ccoc2)c1-c1ccoc1. The highest BCUT2D eigenvalue weighted by Crippen LogP contribution is 2.42. The molecule has 2 nitrogen and oxygen atoms in total. The standard InChI is InChI=1S/C14H12O2S/c1-9-13(11-3-5-15-7-11)14(10(2)17-9)12-4-6-16-8-12/h3-8H,1-2H3. The van der Waals surface area contributed by atoms with Crippen molar-refractivity contribution >= 4 is 11.3 Å². The molecule has 0 aromatic carbocycles. The third-order valence-corrected chi connectivity index (χ3v) is 3.90. The molecule has 3 heterocycles. The molecule has 0 saturated heterocycles. The number of rotatable bonds is 2. The lowest BCUT2D eigenvalue weighted by atomic mass is 9.99. The molecule has 3 aromatic heterocycles. The Morgan fingerprint density at radius 1 is 0.824 bits per heavy atom. The van der Waals surface area contributed by atoms with Crippen LogP contribution in [0.5, 0.6) is 0 Å². The zero-order valence-electron chi connectivity index (χ0n) is 9.69. The molecule has 0 aliphatic carbocycles. The van der Waals surface area contributed by atoms with Gasteiger partial charge in [0.2, 0.25) is 0 Å². The van der Waals surface area contributed by atoms with Crippen LogP contribution in [0.25, 0.3) is 22.3 Å². The zero-order valence-corrected chi connectivity index (χ0v) is 10.5. The Bertz CT molecular complexity index is 561. The molecule has 17 heavy (non-hydrogen) atoms. The second-order valence-electron chi connectivity index (χ2n) is 3.99. The molecule has 0 bridgehead atoms. The van der Waals surface area contributed by atoms with Crippen LogP contribution in [-0.4, -0.2) is 0 Å². The highest BCUT2D eigenvalue weighted by molar-refractivity contribution is 7.13. The van der Waals surface area contributed by atoms with Crippen molar-refractivity contribution in [2.75, 3.05) is 0 Å². The summed E-state index contributed by atoms with van der Waals surface area (Å²) in [5, 5.41) is 0. The molecular weight excluding hydrogens is 232 g/mol. The number of hydrogen-bond acceptors (Lipinski definition) is 3. The minimum atomic E-state index is 1.13. The first-order valence-corrected chi connectivity index (χ1v) is 6.24. The summed E-state index contributed by atoms with van der Waals surface area (Å²) in [6.45, 7) is 4.28. The summed E-state index contributed by atoms with van der Waals surface area (Å²) in [6.07, 6.45) is 7.00. The van der Waals surface area contributed by atoms with Gasteiger partial charge in [-0.2, -0.15) is 0 Å². The summed E-state index contributed by atoms with van der Waals surface area (Å²) in [4.78, 5) is 2.61. The molecule has 0 fully saturated rings. The maximum atomic E-state index is 5.19. The van der Waals surface area contributed by atoms with Crippen LogP contribution < -0.4 is 0 Å². The molecule has 0 spiro atoms. The highest BCUT2D eigenvalue weighted by Gasteiger charge is 2.17. The van der Waals surface area contributed by atoms with Crippen LogP contribution in [0.4, 0.5) is 0 Å². The normalized spacial score (nSPS) is 10.9. The van der Waals surface area contributed by atoms with Gasteiger partial charge in [-0.1, -0.05) is 0 Å². The van der Waals surface area contributed by atoms with Gasteiger partial charge in [0.05, 0.1) is 25.1 Å². The van der Waals surface area contributed by atoms with E-state index in [2.05, 4.69) is 13.8 Å². The summed E-state index contributed by atoms with van der Waals surface area (Å²) in [5.41, 5.74) is 4.76. The van der Waals surface area contributed by atoms with Gasteiger partial charge in [-0.05, 0) is 26.0 Å². The van der Waals surface area contributed by atoms with Crippen molar-refractivity contribution in [3.05, 3.63) is 46.9 Å². The van der Waals surface area contributed by atoms with Crippen LogP contribution in [0.3, 0.4) is 0 Å². The molecular formula is C14H12O2S. The van der Waals surface area contributed by atoms with E-state index in [0.29, 0.717) is 0 Å². The van der Waals surface area contributed by atoms with Crippen molar-refractivity contribution in [3.63, 3.8) is 0 Å². The fourth-order valence-electron chi connectivity index (χ4n) is 2.19. The van der Waals surface area contributed by atoms with Crippen LogP contribution >= 0.6 is 11.3 Å². The lowest BCUT2D eigenvalue weighted by molar-refractivity contribution is 0.567. The van der Waals surface area contributed by atoms with Crippen LogP contribution in [0.15, 0.2) is 46.0 Å². The highest BCUT2D eigenvalue weighted by atomic mass is 32.1. The van der Waals surface area contributed by atoms with E-state index in [1.54, 1.807) is 25.1 Å². The van der Waals surface area contributed by atoms with E-state index in [1.807, 2.05) is 23.5 Å². The average Bonchev–Trinajstić information content (AvgIpc) is 2.98. The predicted octanol–water partition coefficient (Wildman–Crippen LogP) is 4.88. The Labute approximate surface area is 104 Å². The summed E-state index contributed by atoms with van der Waals surface area (Å²) in [6, 6.07) is 4.00. The Morgan fingerprint density at radius 2 is 1.29 bits per heavy atom.